The molecule has 1 amide bonds. The first kappa shape index (κ1) is 14.7. The lowest BCUT2D eigenvalue weighted by molar-refractivity contribution is -0.122. The van der Waals surface area contributed by atoms with E-state index in [1.54, 1.807) is 27.7 Å². The zero-order chi connectivity index (χ0) is 13.1. The van der Waals surface area contributed by atoms with E-state index in [1.807, 2.05) is 0 Å². The Bertz CT molecular complexity index is 303. The smallest absolute Gasteiger partial charge is 0.343 e. The minimum Gasteiger partial charge on any atom is -0.355 e. The molecule has 0 aromatic carbocycles. The summed E-state index contributed by atoms with van der Waals surface area (Å²) in [7, 11) is -3.38. The van der Waals surface area contributed by atoms with Crippen molar-refractivity contribution in [2.45, 2.75) is 58.4 Å². The summed E-state index contributed by atoms with van der Waals surface area (Å²) < 4.78 is 23.6. The molecule has 6 heteroatoms. The van der Waals surface area contributed by atoms with Gasteiger partial charge in [-0.3, -0.25) is 9.36 Å². The summed E-state index contributed by atoms with van der Waals surface area (Å²) in [5.41, 5.74) is -0.666. The molecule has 0 saturated carbocycles. The summed E-state index contributed by atoms with van der Waals surface area (Å²) in [6, 6.07) is 0. The third-order valence-electron chi connectivity index (χ3n) is 2.35. The van der Waals surface area contributed by atoms with Gasteiger partial charge in [-0.25, -0.2) is 0 Å². The van der Waals surface area contributed by atoms with Crippen LogP contribution in [0.1, 0.15) is 40.5 Å². The van der Waals surface area contributed by atoms with Crippen LogP contribution in [0, 0.1) is 0 Å². The van der Waals surface area contributed by atoms with Crippen molar-refractivity contribution in [1.29, 1.82) is 0 Å². The number of carbonyl (C=O) groups is 1. The van der Waals surface area contributed by atoms with Crippen LogP contribution in [0.25, 0.3) is 0 Å². The monoisotopic (exact) mass is 263 g/mol. The van der Waals surface area contributed by atoms with Crippen molar-refractivity contribution in [3.63, 3.8) is 0 Å². The van der Waals surface area contributed by atoms with Crippen LogP contribution in [0.2, 0.25) is 0 Å². The Morgan fingerprint density at radius 3 is 2.18 bits per heavy atom. The van der Waals surface area contributed by atoms with Crippen molar-refractivity contribution in [1.82, 2.24) is 5.32 Å². The standard InChI is InChI=1S/C11H22NO4P/c1-8(2)15-17(14,16-9(3)4)10-6-5-7-12-11(10)13/h8-10H,5-7H2,1-4H3,(H,12,13). The Labute approximate surface area is 103 Å². The lowest BCUT2D eigenvalue weighted by Gasteiger charge is -2.31. The van der Waals surface area contributed by atoms with E-state index in [0.29, 0.717) is 13.0 Å². The fourth-order valence-corrected chi connectivity index (χ4v) is 4.21. The summed E-state index contributed by atoms with van der Waals surface area (Å²) in [4.78, 5) is 11.8. The molecule has 1 heterocycles. The van der Waals surface area contributed by atoms with E-state index in [0.717, 1.165) is 6.42 Å². The van der Waals surface area contributed by atoms with Crippen molar-refractivity contribution in [2.75, 3.05) is 6.54 Å². The quantitative estimate of drug-likeness (QED) is 0.773. The molecule has 1 saturated heterocycles. The van der Waals surface area contributed by atoms with Gasteiger partial charge in [0.05, 0.1) is 12.2 Å². The average molecular weight is 263 g/mol. The molecule has 0 spiro atoms. The van der Waals surface area contributed by atoms with E-state index in [9.17, 15) is 9.36 Å². The number of carbonyl (C=O) groups excluding carboxylic acids is 1. The largest absolute Gasteiger partial charge is 0.355 e. The van der Waals surface area contributed by atoms with Gasteiger partial charge >= 0.3 is 7.60 Å². The van der Waals surface area contributed by atoms with Crippen LogP contribution in [0.4, 0.5) is 0 Å². The highest BCUT2D eigenvalue weighted by Crippen LogP contribution is 2.56. The third kappa shape index (κ3) is 4.09. The fraction of sp³-hybridized carbons (Fsp3) is 0.909. The molecule has 0 aliphatic carbocycles. The van der Waals surface area contributed by atoms with E-state index < -0.39 is 13.3 Å². The van der Waals surface area contributed by atoms with Gasteiger partial charge in [-0.1, -0.05) is 0 Å². The number of nitrogens with one attached hydrogen (secondary N) is 1. The van der Waals surface area contributed by atoms with Crippen LogP contribution in [0.5, 0.6) is 0 Å². The van der Waals surface area contributed by atoms with Crippen molar-refractivity contribution >= 4 is 13.5 Å². The van der Waals surface area contributed by atoms with Crippen molar-refractivity contribution in [2.24, 2.45) is 0 Å². The minimum absolute atomic E-state index is 0.221. The van der Waals surface area contributed by atoms with Gasteiger partial charge < -0.3 is 14.4 Å². The molecule has 1 N–H and O–H groups in total. The van der Waals surface area contributed by atoms with Crippen LogP contribution in [-0.2, 0) is 18.4 Å². The highest BCUT2D eigenvalue weighted by molar-refractivity contribution is 7.55. The molecule has 5 nitrogen and oxygen atoms in total. The van der Waals surface area contributed by atoms with Gasteiger partial charge in [0.15, 0.2) is 0 Å². The van der Waals surface area contributed by atoms with Gasteiger partial charge in [-0.05, 0) is 40.5 Å². The summed E-state index contributed by atoms with van der Waals surface area (Å²) in [6.07, 6.45) is 0.912. The summed E-state index contributed by atoms with van der Waals surface area (Å²) in [5.74, 6) is -0.221. The lowest BCUT2D eigenvalue weighted by atomic mass is 10.1. The maximum absolute atomic E-state index is 12.7. The zero-order valence-corrected chi connectivity index (χ0v) is 11.8. The minimum atomic E-state index is -3.38. The van der Waals surface area contributed by atoms with E-state index >= 15 is 0 Å². The number of rotatable bonds is 5. The second-order valence-electron chi connectivity index (χ2n) is 4.80. The predicted octanol–water partition coefficient (Wildman–Crippen LogP) is 2.31. The maximum atomic E-state index is 12.7. The molecule has 1 fully saturated rings. The van der Waals surface area contributed by atoms with Gasteiger partial charge in [0.1, 0.15) is 5.66 Å². The topological polar surface area (TPSA) is 64.6 Å². The SMILES string of the molecule is CC(C)OP(=O)(OC(C)C)C1CCCNC1=O. The van der Waals surface area contributed by atoms with Crippen LogP contribution in [-0.4, -0.2) is 30.3 Å². The average Bonchev–Trinajstić information content (AvgIpc) is 2.15. The van der Waals surface area contributed by atoms with Gasteiger partial charge in [-0.15, -0.1) is 0 Å². The number of amides is 1. The van der Waals surface area contributed by atoms with E-state index in [2.05, 4.69) is 5.32 Å². The molecule has 0 aromatic heterocycles. The highest BCUT2D eigenvalue weighted by Gasteiger charge is 2.43. The summed E-state index contributed by atoms with van der Waals surface area (Å²) in [6.45, 7) is 7.79. The second kappa shape index (κ2) is 5.98. The molecule has 100 valence electrons. The Morgan fingerprint density at radius 1 is 1.24 bits per heavy atom. The maximum Gasteiger partial charge on any atom is 0.343 e. The van der Waals surface area contributed by atoms with E-state index in [1.165, 1.54) is 0 Å². The molecule has 1 rings (SSSR count). The Kier molecular flexibility index (Phi) is 5.17. The van der Waals surface area contributed by atoms with Crippen molar-refractivity contribution in [3.05, 3.63) is 0 Å². The van der Waals surface area contributed by atoms with Crippen LogP contribution >= 0.6 is 7.60 Å². The van der Waals surface area contributed by atoms with Gasteiger partial charge in [0.25, 0.3) is 0 Å². The fourth-order valence-electron chi connectivity index (χ4n) is 1.82. The van der Waals surface area contributed by atoms with Crippen molar-refractivity contribution < 1.29 is 18.4 Å². The van der Waals surface area contributed by atoms with Crippen LogP contribution in [0.15, 0.2) is 0 Å². The van der Waals surface area contributed by atoms with Gasteiger partial charge in [-0.2, -0.15) is 0 Å². The molecule has 1 unspecified atom stereocenters. The van der Waals surface area contributed by atoms with E-state index in [-0.39, 0.29) is 18.1 Å². The normalized spacial score (nSPS) is 22.0. The molecular weight excluding hydrogens is 241 g/mol. The predicted molar refractivity (Wildman–Crippen MR) is 66.1 cm³/mol. The Morgan fingerprint density at radius 2 is 1.76 bits per heavy atom. The Balaban J connectivity index is 2.87. The van der Waals surface area contributed by atoms with Crippen LogP contribution in [0.3, 0.4) is 0 Å². The van der Waals surface area contributed by atoms with Crippen LogP contribution < -0.4 is 5.32 Å². The molecule has 1 aliphatic rings. The number of hydrogen-bond acceptors (Lipinski definition) is 4. The van der Waals surface area contributed by atoms with Crippen molar-refractivity contribution in [3.8, 4) is 0 Å². The highest BCUT2D eigenvalue weighted by atomic mass is 31.2. The molecule has 1 atom stereocenters. The van der Waals surface area contributed by atoms with Gasteiger partial charge in [0.2, 0.25) is 5.91 Å². The van der Waals surface area contributed by atoms with Gasteiger partial charge in [0, 0.05) is 6.54 Å². The number of hydrogen-bond donors (Lipinski definition) is 1. The lowest BCUT2D eigenvalue weighted by Crippen LogP contribution is -2.41. The molecule has 17 heavy (non-hydrogen) atoms. The first-order chi connectivity index (χ1) is 7.85. The molecule has 0 aromatic rings. The zero-order valence-electron chi connectivity index (χ0n) is 10.9. The third-order valence-corrected chi connectivity index (χ3v) is 5.04. The Hall–Kier alpha value is -0.380. The molecule has 0 radical (unpaired) electrons. The summed E-state index contributed by atoms with van der Waals surface area (Å²) >= 11 is 0. The number of piperidine rings is 1. The molecule has 1 aliphatic heterocycles. The second-order valence-corrected chi connectivity index (χ2v) is 6.92. The first-order valence-corrected chi connectivity index (χ1v) is 7.70. The first-order valence-electron chi connectivity index (χ1n) is 6.09. The molecular formula is C11H22NO4P. The molecule has 0 bridgehead atoms. The summed E-state index contributed by atoms with van der Waals surface area (Å²) in [5, 5.41) is 2.71. The van der Waals surface area contributed by atoms with E-state index in [4.69, 9.17) is 9.05 Å².